The molecule has 3 N–H and O–H groups in total. The van der Waals surface area contributed by atoms with Gasteiger partial charge >= 0.3 is 0 Å². The van der Waals surface area contributed by atoms with Gasteiger partial charge in [0.15, 0.2) is 0 Å². The van der Waals surface area contributed by atoms with Gasteiger partial charge in [-0.05, 0) is 52.0 Å². The number of halogens is 2. The van der Waals surface area contributed by atoms with Gasteiger partial charge in [0, 0.05) is 17.8 Å². The van der Waals surface area contributed by atoms with Crippen LogP contribution in [-0.2, 0) is 14.8 Å². The van der Waals surface area contributed by atoms with Crippen molar-refractivity contribution in [2.75, 3.05) is 10.0 Å². The lowest BCUT2D eigenvalue weighted by Gasteiger charge is -2.23. The summed E-state index contributed by atoms with van der Waals surface area (Å²) in [5, 5.41) is 5.68. The molecule has 1 heterocycles. The molecule has 1 amide bonds. The van der Waals surface area contributed by atoms with Crippen LogP contribution >= 0.6 is 0 Å². The zero-order valence-electron chi connectivity index (χ0n) is 15.9. The molecule has 1 aromatic carbocycles. The van der Waals surface area contributed by atoms with E-state index < -0.39 is 27.7 Å². The lowest BCUT2D eigenvalue weighted by Crippen LogP contribution is -2.47. The fraction of sp³-hybridized carbons (Fsp3) is 0.333. The summed E-state index contributed by atoms with van der Waals surface area (Å²) >= 11 is 0. The normalized spacial score (nSPS) is 12.9. The molecule has 0 saturated carbocycles. The highest BCUT2D eigenvalue weighted by Crippen LogP contribution is 2.19. The summed E-state index contributed by atoms with van der Waals surface area (Å²) in [4.78, 5) is 15.9. The summed E-state index contributed by atoms with van der Waals surface area (Å²) in [7, 11) is -4.09. The number of rotatable bonds is 6. The summed E-state index contributed by atoms with van der Waals surface area (Å²) < 4.78 is 53.2. The van der Waals surface area contributed by atoms with Gasteiger partial charge in [-0.2, -0.15) is 0 Å². The number of sulfonamides is 1. The van der Waals surface area contributed by atoms with Gasteiger partial charge < -0.3 is 10.6 Å². The summed E-state index contributed by atoms with van der Waals surface area (Å²) in [5.74, 6) is -1.75. The number of anilines is 2. The van der Waals surface area contributed by atoms with E-state index in [1.165, 1.54) is 12.1 Å². The molecule has 0 aliphatic carbocycles. The maximum atomic E-state index is 13.2. The number of nitrogens with one attached hydrogen (secondary N) is 3. The molecule has 0 radical (unpaired) electrons. The molecular formula is C18H22F2N4O3S. The smallest absolute Gasteiger partial charge is 0.263 e. The summed E-state index contributed by atoms with van der Waals surface area (Å²) in [6.45, 7) is 7.21. The van der Waals surface area contributed by atoms with Crippen molar-refractivity contribution in [3.8, 4) is 0 Å². The number of benzene rings is 1. The minimum absolute atomic E-state index is 0.200. The van der Waals surface area contributed by atoms with Crippen molar-refractivity contribution < 1.29 is 22.0 Å². The van der Waals surface area contributed by atoms with Crippen LogP contribution in [0.25, 0.3) is 0 Å². The van der Waals surface area contributed by atoms with Gasteiger partial charge in [0.25, 0.3) is 10.0 Å². The molecule has 1 aromatic heterocycles. The Kier molecular flexibility index (Phi) is 6.23. The van der Waals surface area contributed by atoms with Crippen molar-refractivity contribution in [2.24, 2.45) is 0 Å². The predicted molar refractivity (Wildman–Crippen MR) is 102 cm³/mol. The van der Waals surface area contributed by atoms with Crippen LogP contribution in [-0.4, -0.2) is 30.9 Å². The Morgan fingerprint density at radius 3 is 2.21 bits per heavy atom. The summed E-state index contributed by atoms with van der Waals surface area (Å²) in [6, 6.07) is 4.42. The van der Waals surface area contributed by atoms with E-state index in [1.807, 2.05) is 20.8 Å². The predicted octanol–water partition coefficient (Wildman–Crippen LogP) is 2.88. The minimum Gasteiger partial charge on any atom is -0.359 e. The van der Waals surface area contributed by atoms with Crippen molar-refractivity contribution in [1.29, 1.82) is 0 Å². The van der Waals surface area contributed by atoms with E-state index >= 15 is 0 Å². The number of pyridine rings is 1. The van der Waals surface area contributed by atoms with Crippen molar-refractivity contribution in [1.82, 2.24) is 10.3 Å². The number of aromatic nitrogens is 1. The molecule has 28 heavy (non-hydrogen) atoms. The Morgan fingerprint density at radius 2 is 1.71 bits per heavy atom. The quantitative estimate of drug-likeness (QED) is 0.677. The van der Waals surface area contributed by atoms with Crippen LogP contribution in [0.3, 0.4) is 0 Å². The third-order valence-electron chi connectivity index (χ3n) is 3.42. The van der Waals surface area contributed by atoms with E-state index in [2.05, 4.69) is 20.3 Å². The van der Waals surface area contributed by atoms with Gasteiger partial charge in [0.1, 0.15) is 28.4 Å². The second-order valence-corrected chi connectivity index (χ2v) is 8.93. The maximum absolute atomic E-state index is 13.2. The molecule has 2 aromatic rings. The Morgan fingerprint density at radius 1 is 1.11 bits per heavy atom. The molecule has 0 aliphatic heterocycles. The molecular weight excluding hydrogens is 390 g/mol. The van der Waals surface area contributed by atoms with Crippen LogP contribution in [0.2, 0.25) is 0 Å². The SMILES string of the molecule is CC(Nc1ccc(S(=O)(=O)Nc2cc(F)cc(F)c2)cn1)C(=O)NC(C)(C)C. The lowest BCUT2D eigenvalue weighted by molar-refractivity contribution is -0.122. The Bertz CT molecular complexity index is 938. The first-order valence-electron chi connectivity index (χ1n) is 8.39. The Labute approximate surface area is 162 Å². The zero-order chi connectivity index (χ0) is 21.1. The Balaban J connectivity index is 2.09. The molecule has 2 rings (SSSR count). The Hall–Kier alpha value is -2.75. The average molecular weight is 412 g/mol. The fourth-order valence-corrected chi connectivity index (χ4v) is 3.20. The second kappa shape index (κ2) is 8.09. The molecule has 152 valence electrons. The zero-order valence-corrected chi connectivity index (χ0v) is 16.7. The van der Waals surface area contributed by atoms with Crippen molar-refractivity contribution in [2.45, 2.75) is 44.2 Å². The highest BCUT2D eigenvalue weighted by Gasteiger charge is 2.20. The van der Waals surface area contributed by atoms with Gasteiger partial charge in [0.05, 0.1) is 5.69 Å². The van der Waals surface area contributed by atoms with Crippen molar-refractivity contribution in [3.05, 3.63) is 48.2 Å². The van der Waals surface area contributed by atoms with Gasteiger partial charge in [0.2, 0.25) is 5.91 Å². The molecule has 1 atom stereocenters. The van der Waals surface area contributed by atoms with E-state index in [-0.39, 0.29) is 22.0 Å². The van der Waals surface area contributed by atoms with E-state index in [0.717, 1.165) is 18.3 Å². The minimum atomic E-state index is -4.09. The largest absolute Gasteiger partial charge is 0.359 e. The topological polar surface area (TPSA) is 100 Å². The highest BCUT2D eigenvalue weighted by molar-refractivity contribution is 7.92. The van der Waals surface area contributed by atoms with Gasteiger partial charge in [-0.3, -0.25) is 9.52 Å². The van der Waals surface area contributed by atoms with E-state index in [4.69, 9.17) is 0 Å². The molecule has 0 bridgehead atoms. The van der Waals surface area contributed by atoms with Gasteiger partial charge in [-0.25, -0.2) is 22.2 Å². The number of hydrogen-bond donors (Lipinski definition) is 3. The molecule has 0 saturated heterocycles. The van der Waals surface area contributed by atoms with Crippen molar-refractivity contribution >= 4 is 27.4 Å². The molecule has 0 fully saturated rings. The molecule has 7 nitrogen and oxygen atoms in total. The molecule has 0 aliphatic rings. The average Bonchev–Trinajstić information content (AvgIpc) is 2.52. The van der Waals surface area contributed by atoms with Crippen LogP contribution in [0.4, 0.5) is 20.3 Å². The van der Waals surface area contributed by atoms with Crippen LogP contribution in [0, 0.1) is 11.6 Å². The first-order chi connectivity index (χ1) is 12.9. The van der Waals surface area contributed by atoms with Crippen molar-refractivity contribution in [3.63, 3.8) is 0 Å². The number of nitrogens with zero attached hydrogens (tertiary/aromatic N) is 1. The third-order valence-corrected chi connectivity index (χ3v) is 4.78. The number of amides is 1. The van der Waals surface area contributed by atoms with E-state index in [0.29, 0.717) is 11.9 Å². The van der Waals surface area contributed by atoms with Gasteiger partial charge in [-0.15, -0.1) is 0 Å². The molecule has 0 spiro atoms. The summed E-state index contributed by atoms with van der Waals surface area (Å²) in [6.07, 6.45) is 1.08. The number of carbonyl (C=O) groups excluding carboxylic acids is 1. The number of hydrogen-bond acceptors (Lipinski definition) is 5. The van der Waals surface area contributed by atoms with Crippen LogP contribution in [0.15, 0.2) is 41.4 Å². The van der Waals surface area contributed by atoms with Crippen LogP contribution < -0.4 is 15.4 Å². The fourth-order valence-electron chi connectivity index (χ4n) is 2.22. The van der Waals surface area contributed by atoms with E-state index in [9.17, 15) is 22.0 Å². The summed E-state index contributed by atoms with van der Waals surface area (Å²) in [5.41, 5.74) is -0.632. The first kappa shape index (κ1) is 21.5. The highest BCUT2D eigenvalue weighted by atomic mass is 32.2. The lowest BCUT2D eigenvalue weighted by atomic mass is 10.1. The maximum Gasteiger partial charge on any atom is 0.263 e. The third kappa shape index (κ3) is 6.15. The van der Waals surface area contributed by atoms with Crippen LogP contribution in [0.5, 0.6) is 0 Å². The number of carbonyl (C=O) groups is 1. The molecule has 1 unspecified atom stereocenters. The monoisotopic (exact) mass is 412 g/mol. The first-order valence-corrected chi connectivity index (χ1v) is 9.87. The van der Waals surface area contributed by atoms with Crippen LogP contribution in [0.1, 0.15) is 27.7 Å². The molecule has 10 heteroatoms. The second-order valence-electron chi connectivity index (χ2n) is 7.25. The van der Waals surface area contributed by atoms with Gasteiger partial charge in [-0.1, -0.05) is 0 Å². The van der Waals surface area contributed by atoms with E-state index in [1.54, 1.807) is 6.92 Å². The standard InChI is InChI=1S/C18H22F2N4O3S/c1-11(17(25)23-18(2,3)4)22-16-6-5-15(10-21-16)28(26,27)24-14-8-12(19)7-13(20)9-14/h5-11,24H,1-4H3,(H,21,22)(H,23,25).